The van der Waals surface area contributed by atoms with Gasteiger partial charge in [0.05, 0.1) is 12.8 Å². The Kier molecular flexibility index (Phi) is 5.59. The Bertz CT molecular complexity index is 208. The molecule has 0 aliphatic heterocycles. The Morgan fingerprint density at radius 3 is 2.38 bits per heavy atom. The van der Waals surface area contributed by atoms with Crippen molar-refractivity contribution in [1.29, 1.82) is 0 Å². The summed E-state index contributed by atoms with van der Waals surface area (Å²) in [5.41, 5.74) is 0. The maximum absolute atomic E-state index is 10.9. The molecular weight excluding hydrogens is 172 g/mol. The highest BCUT2D eigenvalue weighted by molar-refractivity contribution is 5.77. The molecule has 0 amide bonds. The molecule has 0 saturated carbocycles. The number of aliphatic carboxylic acids is 1. The van der Waals surface area contributed by atoms with Gasteiger partial charge >= 0.3 is 11.9 Å². The zero-order chi connectivity index (χ0) is 10.3. The summed E-state index contributed by atoms with van der Waals surface area (Å²) in [7, 11) is 0. The van der Waals surface area contributed by atoms with E-state index in [2.05, 4.69) is 6.58 Å². The molecule has 0 rings (SSSR count). The maximum Gasteiger partial charge on any atom is 0.311 e. The predicted molar refractivity (Wildman–Crippen MR) is 47.0 cm³/mol. The molecule has 0 atom stereocenters. The highest BCUT2D eigenvalue weighted by Gasteiger charge is 2.07. The van der Waals surface area contributed by atoms with Gasteiger partial charge in [0.25, 0.3) is 0 Å². The quantitative estimate of drug-likeness (QED) is 0.506. The van der Waals surface area contributed by atoms with Crippen molar-refractivity contribution < 1.29 is 19.4 Å². The van der Waals surface area contributed by atoms with Crippen molar-refractivity contribution in [2.75, 3.05) is 0 Å². The van der Waals surface area contributed by atoms with Crippen molar-refractivity contribution in [2.24, 2.45) is 0 Å². The van der Waals surface area contributed by atoms with Gasteiger partial charge < -0.3 is 9.84 Å². The van der Waals surface area contributed by atoms with E-state index in [4.69, 9.17) is 9.84 Å². The van der Waals surface area contributed by atoms with Gasteiger partial charge in [0.2, 0.25) is 0 Å². The fraction of sp³-hybridized carbons (Fsp3) is 0.556. The van der Waals surface area contributed by atoms with Crippen molar-refractivity contribution in [3.63, 3.8) is 0 Å². The summed E-state index contributed by atoms with van der Waals surface area (Å²) in [6.45, 7) is 5.46. The lowest BCUT2D eigenvalue weighted by atomic mass is 10.3. The number of carbonyl (C=O) groups excluding carboxylic acids is 1. The summed E-state index contributed by atoms with van der Waals surface area (Å²) in [6, 6.07) is 0. The molecule has 1 N–H and O–H groups in total. The number of carbonyl (C=O) groups is 2. The molecule has 74 valence electrons. The van der Waals surface area contributed by atoms with Gasteiger partial charge in [-0.3, -0.25) is 9.59 Å². The lowest BCUT2D eigenvalue weighted by Gasteiger charge is -2.04. The van der Waals surface area contributed by atoms with Gasteiger partial charge in [0.15, 0.2) is 0 Å². The van der Waals surface area contributed by atoms with Crippen LogP contribution in [-0.4, -0.2) is 17.0 Å². The fourth-order valence-corrected chi connectivity index (χ4v) is 0.751. The van der Waals surface area contributed by atoms with Gasteiger partial charge in [-0.2, -0.15) is 0 Å². The lowest BCUT2D eigenvalue weighted by molar-refractivity contribution is -0.145. The third-order valence-corrected chi connectivity index (χ3v) is 1.33. The number of hydrogen-bond acceptors (Lipinski definition) is 3. The maximum atomic E-state index is 10.9. The van der Waals surface area contributed by atoms with Crippen LogP contribution in [0.2, 0.25) is 0 Å². The molecule has 4 heteroatoms. The average molecular weight is 186 g/mol. The number of carboxylic acid groups (broad SMARTS) is 1. The first-order valence-electron chi connectivity index (χ1n) is 4.16. The molecule has 0 aliphatic carbocycles. The van der Waals surface area contributed by atoms with Gasteiger partial charge in [0, 0.05) is 6.42 Å². The van der Waals surface area contributed by atoms with Crippen LogP contribution in [0.1, 0.15) is 32.6 Å². The molecule has 0 heterocycles. The van der Waals surface area contributed by atoms with Crippen LogP contribution in [0, 0.1) is 0 Å². The van der Waals surface area contributed by atoms with Crippen LogP contribution < -0.4 is 0 Å². The van der Waals surface area contributed by atoms with E-state index in [1.807, 2.05) is 6.92 Å². The van der Waals surface area contributed by atoms with E-state index >= 15 is 0 Å². The molecule has 0 aromatic carbocycles. The second-order valence-corrected chi connectivity index (χ2v) is 2.66. The van der Waals surface area contributed by atoms with Crippen LogP contribution in [-0.2, 0) is 14.3 Å². The van der Waals surface area contributed by atoms with Gasteiger partial charge in [-0.15, -0.1) is 0 Å². The molecule has 0 aromatic heterocycles. The Morgan fingerprint density at radius 1 is 1.31 bits per heavy atom. The molecular formula is C9H14O4. The Hall–Kier alpha value is -1.32. The SMILES string of the molecule is C=C(CCC)OC(=O)CCC(=O)O. The first kappa shape index (κ1) is 11.7. The first-order chi connectivity index (χ1) is 6.06. The molecule has 0 spiro atoms. The number of esters is 1. The largest absolute Gasteiger partial charge is 0.481 e. The summed E-state index contributed by atoms with van der Waals surface area (Å²) in [4.78, 5) is 21.0. The number of carboxylic acids is 1. The second kappa shape index (κ2) is 6.22. The third-order valence-electron chi connectivity index (χ3n) is 1.33. The standard InChI is InChI=1S/C9H14O4/c1-3-4-7(2)13-9(12)6-5-8(10)11/h2-6H2,1H3,(H,10,11). The molecule has 0 saturated heterocycles. The molecule has 0 aliphatic rings. The lowest BCUT2D eigenvalue weighted by Crippen LogP contribution is -2.06. The van der Waals surface area contributed by atoms with Gasteiger partial charge in [0.1, 0.15) is 5.76 Å². The molecule has 4 nitrogen and oxygen atoms in total. The van der Waals surface area contributed by atoms with Crippen LogP contribution >= 0.6 is 0 Å². The normalized spacial score (nSPS) is 9.31. The molecule has 13 heavy (non-hydrogen) atoms. The van der Waals surface area contributed by atoms with E-state index in [9.17, 15) is 9.59 Å². The van der Waals surface area contributed by atoms with E-state index in [1.165, 1.54) is 0 Å². The highest BCUT2D eigenvalue weighted by atomic mass is 16.5. The zero-order valence-corrected chi connectivity index (χ0v) is 7.71. The predicted octanol–water partition coefficient (Wildman–Crippen LogP) is 1.71. The molecule has 0 bridgehead atoms. The molecule has 0 fully saturated rings. The van der Waals surface area contributed by atoms with Crippen molar-refractivity contribution in [3.8, 4) is 0 Å². The first-order valence-corrected chi connectivity index (χ1v) is 4.16. The van der Waals surface area contributed by atoms with Crippen molar-refractivity contribution in [2.45, 2.75) is 32.6 Å². The minimum absolute atomic E-state index is 0.0991. The average Bonchev–Trinajstić information content (AvgIpc) is 2.01. The van der Waals surface area contributed by atoms with Crippen molar-refractivity contribution in [1.82, 2.24) is 0 Å². The van der Waals surface area contributed by atoms with Crippen molar-refractivity contribution >= 4 is 11.9 Å². The van der Waals surface area contributed by atoms with Gasteiger partial charge in [-0.05, 0) is 6.42 Å². The molecule has 0 radical (unpaired) electrons. The van der Waals surface area contributed by atoms with E-state index in [-0.39, 0.29) is 12.8 Å². The number of allylic oxidation sites excluding steroid dienone is 1. The van der Waals surface area contributed by atoms with Gasteiger partial charge in [-0.25, -0.2) is 0 Å². The van der Waals surface area contributed by atoms with Crippen LogP contribution in [0.3, 0.4) is 0 Å². The van der Waals surface area contributed by atoms with Gasteiger partial charge in [-0.1, -0.05) is 13.5 Å². The van der Waals surface area contributed by atoms with Crippen LogP contribution in [0.5, 0.6) is 0 Å². The van der Waals surface area contributed by atoms with E-state index in [0.717, 1.165) is 6.42 Å². The molecule has 0 unspecified atom stereocenters. The van der Waals surface area contributed by atoms with Crippen LogP contribution in [0.25, 0.3) is 0 Å². The summed E-state index contributed by atoms with van der Waals surface area (Å²) in [5.74, 6) is -1.13. The number of hydrogen-bond donors (Lipinski definition) is 1. The summed E-state index contributed by atoms with van der Waals surface area (Å²) < 4.78 is 4.74. The minimum Gasteiger partial charge on any atom is -0.481 e. The monoisotopic (exact) mass is 186 g/mol. The Morgan fingerprint density at radius 2 is 1.92 bits per heavy atom. The smallest absolute Gasteiger partial charge is 0.311 e. The van der Waals surface area contributed by atoms with E-state index in [1.54, 1.807) is 0 Å². The summed E-state index contributed by atoms with van der Waals surface area (Å²) in [5, 5.41) is 8.27. The second-order valence-electron chi connectivity index (χ2n) is 2.66. The summed E-state index contributed by atoms with van der Waals surface area (Å²) >= 11 is 0. The van der Waals surface area contributed by atoms with Crippen LogP contribution in [0.4, 0.5) is 0 Å². The topological polar surface area (TPSA) is 63.6 Å². The van der Waals surface area contributed by atoms with Crippen molar-refractivity contribution in [3.05, 3.63) is 12.3 Å². The number of ether oxygens (including phenoxy) is 1. The van der Waals surface area contributed by atoms with E-state index < -0.39 is 11.9 Å². The minimum atomic E-state index is -1.00. The third kappa shape index (κ3) is 7.05. The molecule has 0 aromatic rings. The fourth-order valence-electron chi connectivity index (χ4n) is 0.751. The number of rotatable bonds is 6. The summed E-state index contributed by atoms with van der Waals surface area (Å²) in [6.07, 6.45) is 1.18. The Balaban J connectivity index is 3.62. The van der Waals surface area contributed by atoms with E-state index in [0.29, 0.717) is 12.2 Å². The Labute approximate surface area is 77.2 Å². The zero-order valence-electron chi connectivity index (χ0n) is 7.71. The van der Waals surface area contributed by atoms with Crippen LogP contribution in [0.15, 0.2) is 12.3 Å². The highest BCUT2D eigenvalue weighted by Crippen LogP contribution is 2.05.